The van der Waals surface area contributed by atoms with Gasteiger partial charge in [0.15, 0.2) is 5.60 Å². The maximum absolute atomic E-state index is 13.2. The van der Waals surface area contributed by atoms with Crippen LogP contribution >= 0.6 is 0 Å². The van der Waals surface area contributed by atoms with E-state index in [1.807, 2.05) is 29.2 Å². The predicted octanol–water partition coefficient (Wildman–Crippen LogP) is 2.78. The van der Waals surface area contributed by atoms with E-state index in [2.05, 4.69) is 17.1 Å². The van der Waals surface area contributed by atoms with Gasteiger partial charge < -0.3 is 14.5 Å². The molecule has 0 bridgehead atoms. The summed E-state index contributed by atoms with van der Waals surface area (Å²) < 4.78 is 6.13. The third-order valence-electron chi connectivity index (χ3n) is 6.21. The Morgan fingerprint density at radius 3 is 2.37 bits per heavy atom. The fraction of sp³-hybridized carbons (Fsp3) is 0.458. The SMILES string of the molecule is CN(C)C(=O)C1(Cc2ccc(-c3ccncc3)cc2)CN(C(=O)C2CCC2)CCO1. The molecule has 0 radical (unpaired) electrons. The zero-order valence-electron chi connectivity index (χ0n) is 17.7. The first-order valence-electron chi connectivity index (χ1n) is 10.6. The Bertz CT molecular complexity index is 894. The van der Waals surface area contributed by atoms with Crippen LogP contribution in [-0.4, -0.2) is 66.0 Å². The van der Waals surface area contributed by atoms with Gasteiger partial charge >= 0.3 is 0 Å². The molecular formula is C24H29N3O3. The lowest BCUT2D eigenvalue weighted by atomic mass is 9.83. The van der Waals surface area contributed by atoms with Crippen molar-refractivity contribution >= 4 is 11.8 Å². The topological polar surface area (TPSA) is 62.7 Å². The number of hydrogen-bond donors (Lipinski definition) is 0. The van der Waals surface area contributed by atoms with Crippen molar-refractivity contribution in [3.8, 4) is 11.1 Å². The number of hydrogen-bond acceptors (Lipinski definition) is 4. The first-order valence-corrected chi connectivity index (χ1v) is 10.6. The molecular weight excluding hydrogens is 378 g/mol. The summed E-state index contributed by atoms with van der Waals surface area (Å²) in [5.74, 6) is 0.204. The van der Waals surface area contributed by atoms with Crippen molar-refractivity contribution in [1.29, 1.82) is 0 Å². The Balaban J connectivity index is 1.56. The molecule has 30 heavy (non-hydrogen) atoms. The van der Waals surface area contributed by atoms with E-state index in [1.165, 1.54) is 0 Å². The molecule has 2 aliphatic rings. The lowest BCUT2D eigenvalue weighted by Gasteiger charge is -2.44. The summed E-state index contributed by atoms with van der Waals surface area (Å²) in [4.78, 5) is 33.5. The highest BCUT2D eigenvalue weighted by Crippen LogP contribution is 2.32. The van der Waals surface area contributed by atoms with E-state index in [-0.39, 0.29) is 17.7 Å². The first-order chi connectivity index (χ1) is 14.5. The zero-order chi connectivity index (χ0) is 21.1. The van der Waals surface area contributed by atoms with Crippen LogP contribution < -0.4 is 0 Å². The summed E-state index contributed by atoms with van der Waals surface area (Å²) >= 11 is 0. The first kappa shape index (κ1) is 20.5. The monoisotopic (exact) mass is 407 g/mol. The summed E-state index contributed by atoms with van der Waals surface area (Å²) in [5, 5.41) is 0. The van der Waals surface area contributed by atoms with Crippen LogP contribution in [0.15, 0.2) is 48.8 Å². The van der Waals surface area contributed by atoms with Crippen molar-refractivity contribution in [2.45, 2.75) is 31.3 Å². The molecule has 1 aliphatic heterocycles. The third kappa shape index (κ3) is 4.10. The summed E-state index contributed by atoms with van der Waals surface area (Å²) in [7, 11) is 3.49. The molecule has 6 heteroatoms. The van der Waals surface area contributed by atoms with Gasteiger partial charge in [-0.3, -0.25) is 14.6 Å². The standard InChI is InChI=1S/C24H29N3O3/c1-26(2)23(29)24(17-27(14-15-30-24)22(28)21-4-3-5-21)16-18-6-8-19(9-7-18)20-10-12-25-13-11-20/h6-13,21H,3-5,14-17H2,1-2H3. The Morgan fingerprint density at radius 2 is 1.77 bits per heavy atom. The Labute approximate surface area is 177 Å². The van der Waals surface area contributed by atoms with E-state index in [0.29, 0.717) is 26.1 Å². The molecule has 1 saturated carbocycles. The fourth-order valence-corrected chi connectivity index (χ4v) is 4.29. The van der Waals surface area contributed by atoms with Crippen molar-refractivity contribution in [2.24, 2.45) is 5.92 Å². The number of carbonyl (C=O) groups excluding carboxylic acids is 2. The number of nitrogens with zero attached hydrogens (tertiary/aromatic N) is 3. The summed E-state index contributed by atoms with van der Waals surface area (Å²) in [5.41, 5.74) is 2.17. The van der Waals surface area contributed by atoms with Crippen LogP contribution in [0.2, 0.25) is 0 Å². The number of pyridine rings is 1. The summed E-state index contributed by atoms with van der Waals surface area (Å²) in [6, 6.07) is 12.1. The fourth-order valence-electron chi connectivity index (χ4n) is 4.29. The van der Waals surface area contributed by atoms with Gasteiger partial charge in [-0.25, -0.2) is 0 Å². The van der Waals surface area contributed by atoms with Crippen LogP contribution in [0.1, 0.15) is 24.8 Å². The van der Waals surface area contributed by atoms with Gasteiger partial charge in [-0.15, -0.1) is 0 Å². The minimum absolute atomic E-state index is 0.0909. The van der Waals surface area contributed by atoms with E-state index in [4.69, 9.17) is 4.74 Å². The van der Waals surface area contributed by atoms with Gasteiger partial charge in [-0.2, -0.15) is 0 Å². The van der Waals surface area contributed by atoms with Crippen LogP contribution in [0.25, 0.3) is 11.1 Å². The normalized spacial score (nSPS) is 21.7. The molecule has 158 valence electrons. The highest BCUT2D eigenvalue weighted by Gasteiger charge is 2.47. The molecule has 0 spiro atoms. The van der Waals surface area contributed by atoms with Crippen LogP contribution in [0.5, 0.6) is 0 Å². The van der Waals surface area contributed by atoms with E-state index in [9.17, 15) is 9.59 Å². The molecule has 1 unspecified atom stereocenters. The smallest absolute Gasteiger partial charge is 0.256 e. The lowest BCUT2D eigenvalue weighted by Crippen LogP contribution is -2.62. The number of benzene rings is 1. The molecule has 4 rings (SSSR count). The quantitative estimate of drug-likeness (QED) is 0.765. The van der Waals surface area contributed by atoms with Gasteiger partial charge in [0.05, 0.1) is 13.2 Å². The van der Waals surface area contributed by atoms with Crippen molar-refractivity contribution in [2.75, 3.05) is 33.8 Å². The number of aromatic nitrogens is 1. The maximum atomic E-state index is 13.2. The molecule has 1 saturated heterocycles. The molecule has 1 atom stereocenters. The number of morpholine rings is 1. The van der Waals surface area contributed by atoms with Crippen molar-refractivity contribution in [1.82, 2.24) is 14.8 Å². The number of likely N-dealkylation sites (N-methyl/N-ethyl adjacent to an activating group) is 1. The number of ether oxygens (including phenoxy) is 1. The predicted molar refractivity (Wildman–Crippen MR) is 115 cm³/mol. The average Bonchev–Trinajstić information content (AvgIpc) is 2.73. The van der Waals surface area contributed by atoms with Crippen LogP contribution in [-0.2, 0) is 20.7 Å². The van der Waals surface area contributed by atoms with Crippen LogP contribution in [0.3, 0.4) is 0 Å². The number of carbonyl (C=O) groups is 2. The molecule has 2 fully saturated rings. The van der Waals surface area contributed by atoms with E-state index >= 15 is 0 Å². The van der Waals surface area contributed by atoms with Crippen LogP contribution in [0.4, 0.5) is 0 Å². The second-order valence-electron chi connectivity index (χ2n) is 8.54. The zero-order valence-corrected chi connectivity index (χ0v) is 17.7. The molecule has 1 aromatic heterocycles. The molecule has 1 aliphatic carbocycles. The lowest BCUT2D eigenvalue weighted by molar-refractivity contribution is -0.174. The Kier molecular flexibility index (Phi) is 5.86. The third-order valence-corrected chi connectivity index (χ3v) is 6.21. The largest absolute Gasteiger partial charge is 0.361 e. The van der Waals surface area contributed by atoms with Gasteiger partial charge in [-0.1, -0.05) is 30.7 Å². The maximum Gasteiger partial charge on any atom is 0.256 e. The second kappa shape index (κ2) is 8.56. The number of amides is 2. The number of rotatable bonds is 5. The van der Waals surface area contributed by atoms with Crippen molar-refractivity contribution in [3.63, 3.8) is 0 Å². The van der Waals surface area contributed by atoms with E-state index in [0.717, 1.165) is 36.0 Å². The second-order valence-corrected chi connectivity index (χ2v) is 8.54. The van der Waals surface area contributed by atoms with E-state index < -0.39 is 5.60 Å². The van der Waals surface area contributed by atoms with Gasteiger partial charge in [-0.05, 0) is 41.7 Å². The van der Waals surface area contributed by atoms with Gasteiger partial charge in [0.25, 0.3) is 5.91 Å². The van der Waals surface area contributed by atoms with Crippen molar-refractivity contribution in [3.05, 3.63) is 54.4 Å². The average molecular weight is 408 g/mol. The van der Waals surface area contributed by atoms with Gasteiger partial charge in [0.1, 0.15) is 0 Å². The summed E-state index contributed by atoms with van der Waals surface area (Å²) in [6.07, 6.45) is 7.03. The molecule has 1 aromatic carbocycles. The summed E-state index contributed by atoms with van der Waals surface area (Å²) in [6.45, 7) is 1.25. The molecule has 0 N–H and O–H groups in total. The molecule has 2 amide bonds. The van der Waals surface area contributed by atoms with Gasteiger partial charge in [0, 0.05) is 45.4 Å². The van der Waals surface area contributed by atoms with Crippen molar-refractivity contribution < 1.29 is 14.3 Å². The van der Waals surface area contributed by atoms with Gasteiger partial charge in [0.2, 0.25) is 5.91 Å². The van der Waals surface area contributed by atoms with Crippen LogP contribution in [0, 0.1) is 5.92 Å². The van der Waals surface area contributed by atoms with E-state index in [1.54, 1.807) is 31.4 Å². The highest BCUT2D eigenvalue weighted by molar-refractivity contribution is 5.87. The Hall–Kier alpha value is -2.73. The Morgan fingerprint density at radius 1 is 1.10 bits per heavy atom. The molecule has 6 nitrogen and oxygen atoms in total. The molecule has 2 heterocycles. The minimum Gasteiger partial charge on any atom is -0.361 e. The molecule has 2 aromatic rings. The highest BCUT2D eigenvalue weighted by atomic mass is 16.5. The minimum atomic E-state index is -1.04.